The van der Waals surface area contributed by atoms with Crippen LogP contribution in [-0.2, 0) is 14.8 Å². The normalized spacial score (nSPS) is 12.9. The van der Waals surface area contributed by atoms with Gasteiger partial charge in [-0.05, 0) is 54.6 Å². The van der Waals surface area contributed by atoms with Crippen LogP contribution in [0.25, 0.3) is 0 Å². The van der Waals surface area contributed by atoms with Crippen molar-refractivity contribution in [1.82, 2.24) is 0 Å². The van der Waals surface area contributed by atoms with Gasteiger partial charge in [-0.25, -0.2) is 8.42 Å². The van der Waals surface area contributed by atoms with Crippen molar-refractivity contribution in [2.75, 3.05) is 22.0 Å². The van der Waals surface area contributed by atoms with Gasteiger partial charge in [-0.2, -0.15) is 0 Å². The molecule has 2 amide bonds. The molecule has 1 aliphatic heterocycles. The highest BCUT2D eigenvalue weighted by molar-refractivity contribution is 7.92. The van der Waals surface area contributed by atoms with E-state index in [-0.39, 0.29) is 23.0 Å². The van der Waals surface area contributed by atoms with E-state index in [1.54, 1.807) is 36.4 Å². The Balaban J connectivity index is 1.53. The third-order valence-electron chi connectivity index (χ3n) is 4.35. The van der Waals surface area contributed by atoms with E-state index in [2.05, 4.69) is 15.4 Å². The lowest BCUT2D eigenvalue weighted by Crippen LogP contribution is -2.25. The number of rotatable bonds is 5. The lowest BCUT2D eigenvalue weighted by atomic mass is 10.2. The summed E-state index contributed by atoms with van der Waals surface area (Å²) in [6.07, 6.45) is 0. The molecule has 0 saturated heterocycles. The quantitative estimate of drug-likeness (QED) is 0.540. The summed E-state index contributed by atoms with van der Waals surface area (Å²) in [5, 5.41) is 5.73. The number of fused-ring (bicyclic) bond motifs is 1. The van der Waals surface area contributed by atoms with Crippen LogP contribution in [0.5, 0.6) is 5.75 Å². The summed E-state index contributed by atoms with van der Waals surface area (Å²) < 4.78 is 33.1. The van der Waals surface area contributed by atoms with E-state index in [1.807, 2.05) is 0 Å². The average Bonchev–Trinajstić information content (AvgIpc) is 2.73. The molecule has 3 aromatic rings. The number of carbonyl (C=O) groups is 2. The Hall–Kier alpha value is -3.56. The number of anilines is 3. The Morgan fingerprint density at radius 1 is 1.00 bits per heavy atom. The Kier molecular flexibility index (Phi) is 5.53. The van der Waals surface area contributed by atoms with E-state index in [1.165, 1.54) is 30.3 Å². The molecule has 31 heavy (non-hydrogen) atoms. The van der Waals surface area contributed by atoms with Crippen molar-refractivity contribution in [2.45, 2.75) is 4.90 Å². The monoisotopic (exact) mass is 457 g/mol. The van der Waals surface area contributed by atoms with Crippen LogP contribution in [0.4, 0.5) is 17.1 Å². The fourth-order valence-corrected chi connectivity index (χ4v) is 4.22. The van der Waals surface area contributed by atoms with Gasteiger partial charge in [-0.3, -0.25) is 14.3 Å². The molecule has 0 bridgehead atoms. The number of amides is 2. The van der Waals surface area contributed by atoms with Crippen LogP contribution in [0.15, 0.2) is 71.6 Å². The standard InChI is InChI=1S/C21H16ClN3O5S/c22-14-4-2-5-16(10-14)25-31(28,29)17-6-1-3-13(9-17)21(27)23-15-7-8-19-18(11-15)24-20(26)12-30-19/h1-11,25H,12H2,(H,23,27)(H,24,26). The summed E-state index contributed by atoms with van der Waals surface area (Å²) in [5.41, 5.74) is 1.31. The van der Waals surface area contributed by atoms with E-state index >= 15 is 0 Å². The van der Waals surface area contributed by atoms with Crippen molar-refractivity contribution in [3.05, 3.63) is 77.3 Å². The second-order valence-electron chi connectivity index (χ2n) is 6.65. The molecule has 1 aliphatic rings. The Morgan fingerprint density at radius 2 is 1.81 bits per heavy atom. The molecule has 0 spiro atoms. The molecule has 4 rings (SSSR count). The highest BCUT2D eigenvalue weighted by Crippen LogP contribution is 2.30. The molecular weight excluding hydrogens is 442 g/mol. The smallest absolute Gasteiger partial charge is 0.262 e. The molecule has 3 N–H and O–H groups in total. The molecule has 1 heterocycles. The van der Waals surface area contributed by atoms with Crippen LogP contribution in [-0.4, -0.2) is 26.8 Å². The number of hydrogen-bond donors (Lipinski definition) is 3. The molecule has 0 radical (unpaired) electrons. The molecule has 0 fully saturated rings. The highest BCUT2D eigenvalue weighted by atomic mass is 35.5. The van der Waals surface area contributed by atoms with Gasteiger partial charge in [0.15, 0.2) is 6.61 Å². The summed E-state index contributed by atoms with van der Waals surface area (Å²) in [6.45, 7) is -0.0663. The Morgan fingerprint density at radius 3 is 2.61 bits per heavy atom. The second-order valence-corrected chi connectivity index (χ2v) is 8.76. The van der Waals surface area contributed by atoms with Gasteiger partial charge in [0.1, 0.15) is 5.75 Å². The predicted octanol–water partition coefficient (Wildman–Crippen LogP) is 3.72. The van der Waals surface area contributed by atoms with Gasteiger partial charge in [0.2, 0.25) is 0 Å². The van der Waals surface area contributed by atoms with Gasteiger partial charge in [-0.15, -0.1) is 0 Å². The lowest BCUT2D eigenvalue weighted by molar-refractivity contribution is -0.118. The number of ether oxygens (including phenoxy) is 1. The summed E-state index contributed by atoms with van der Waals surface area (Å²) >= 11 is 5.90. The highest BCUT2D eigenvalue weighted by Gasteiger charge is 2.19. The van der Waals surface area contributed by atoms with Crippen molar-refractivity contribution >= 4 is 50.5 Å². The molecule has 0 unspecified atom stereocenters. The molecule has 0 aliphatic carbocycles. The minimum Gasteiger partial charge on any atom is -0.482 e. The second kappa shape index (κ2) is 8.29. The van der Waals surface area contributed by atoms with E-state index in [4.69, 9.17) is 16.3 Å². The molecular formula is C21H16ClN3O5S. The van der Waals surface area contributed by atoms with Crippen LogP contribution in [0.1, 0.15) is 10.4 Å². The minimum absolute atomic E-state index is 0.0663. The maximum atomic E-state index is 12.7. The first-order valence-electron chi connectivity index (χ1n) is 9.07. The van der Waals surface area contributed by atoms with Gasteiger partial charge in [0, 0.05) is 16.3 Å². The molecule has 10 heteroatoms. The largest absolute Gasteiger partial charge is 0.482 e. The number of sulfonamides is 1. The molecule has 0 aromatic heterocycles. The number of benzene rings is 3. The van der Waals surface area contributed by atoms with Crippen molar-refractivity contribution in [2.24, 2.45) is 0 Å². The van der Waals surface area contributed by atoms with Gasteiger partial charge < -0.3 is 15.4 Å². The Bertz CT molecular complexity index is 1290. The van der Waals surface area contributed by atoms with E-state index in [0.717, 1.165) is 0 Å². The third-order valence-corrected chi connectivity index (χ3v) is 5.97. The van der Waals surface area contributed by atoms with E-state index in [9.17, 15) is 18.0 Å². The molecule has 158 valence electrons. The van der Waals surface area contributed by atoms with Gasteiger partial charge in [0.05, 0.1) is 16.3 Å². The van der Waals surface area contributed by atoms with Crippen molar-refractivity contribution in [3.63, 3.8) is 0 Å². The zero-order valence-electron chi connectivity index (χ0n) is 15.9. The predicted molar refractivity (Wildman–Crippen MR) is 117 cm³/mol. The van der Waals surface area contributed by atoms with E-state index in [0.29, 0.717) is 27.8 Å². The first-order chi connectivity index (χ1) is 14.8. The number of halogens is 1. The van der Waals surface area contributed by atoms with Gasteiger partial charge in [-0.1, -0.05) is 23.7 Å². The van der Waals surface area contributed by atoms with Crippen molar-refractivity contribution in [1.29, 1.82) is 0 Å². The fraction of sp³-hybridized carbons (Fsp3) is 0.0476. The van der Waals surface area contributed by atoms with Crippen LogP contribution in [0.3, 0.4) is 0 Å². The number of carbonyl (C=O) groups excluding carboxylic acids is 2. The van der Waals surface area contributed by atoms with Crippen LogP contribution >= 0.6 is 11.6 Å². The lowest BCUT2D eigenvalue weighted by Gasteiger charge is -2.18. The summed E-state index contributed by atoms with van der Waals surface area (Å²) in [6, 6.07) is 16.7. The minimum atomic E-state index is -3.93. The van der Waals surface area contributed by atoms with Crippen LogP contribution in [0.2, 0.25) is 5.02 Å². The van der Waals surface area contributed by atoms with Crippen molar-refractivity contribution < 1.29 is 22.7 Å². The maximum absolute atomic E-state index is 12.7. The molecule has 0 saturated carbocycles. The molecule has 3 aromatic carbocycles. The van der Waals surface area contributed by atoms with Crippen molar-refractivity contribution in [3.8, 4) is 5.75 Å². The average molecular weight is 458 g/mol. The van der Waals surface area contributed by atoms with Gasteiger partial charge in [0.25, 0.3) is 21.8 Å². The SMILES string of the molecule is O=C1COc2ccc(NC(=O)c3cccc(S(=O)(=O)Nc4cccc(Cl)c4)c3)cc2N1. The van der Waals surface area contributed by atoms with E-state index < -0.39 is 15.9 Å². The van der Waals surface area contributed by atoms with Crippen LogP contribution in [0, 0.1) is 0 Å². The number of hydrogen-bond acceptors (Lipinski definition) is 5. The molecule has 0 atom stereocenters. The first-order valence-corrected chi connectivity index (χ1v) is 10.9. The zero-order valence-corrected chi connectivity index (χ0v) is 17.5. The van der Waals surface area contributed by atoms with Gasteiger partial charge >= 0.3 is 0 Å². The zero-order chi connectivity index (χ0) is 22.0. The molecule has 8 nitrogen and oxygen atoms in total. The maximum Gasteiger partial charge on any atom is 0.262 e. The Labute approximate surface area is 183 Å². The summed E-state index contributed by atoms with van der Waals surface area (Å²) in [7, 11) is -3.93. The summed E-state index contributed by atoms with van der Waals surface area (Å²) in [4.78, 5) is 24.1. The summed E-state index contributed by atoms with van der Waals surface area (Å²) in [5.74, 6) is -0.304. The topological polar surface area (TPSA) is 114 Å². The fourth-order valence-electron chi connectivity index (χ4n) is 2.93. The van der Waals surface area contributed by atoms with Crippen LogP contribution < -0.4 is 20.1 Å². The third kappa shape index (κ3) is 4.79. The number of nitrogens with one attached hydrogen (secondary N) is 3. The first kappa shape index (κ1) is 20.7.